The normalized spacial score (nSPS) is 12.0. The Morgan fingerprint density at radius 3 is 2.51 bits per heavy atom. The number of hydrogen-bond donors (Lipinski definition) is 2. The predicted molar refractivity (Wildman–Crippen MR) is 150 cm³/mol. The van der Waals surface area contributed by atoms with Gasteiger partial charge >= 0.3 is 5.97 Å². The van der Waals surface area contributed by atoms with Crippen molar-refractivity contribution >= 4 is 59.5 Å². The molecule has 1 aromatic carbocycles. The number of carbonyl (C=O) groups excluding carboxylic acids is 1. The maximum absolute atomic E-state index is 13.2. The van der Waals surface area contributed by atoms with E-state index >= 15 is 0 Å². The molecule has 0 saturated carbocycles. The smallest absolute Gasteiger partial charge is 0.303 e. The molecule has 0 aliphatic carbocycles. The second-order valence-electron chi connectivity index (χ2n) is 8.37. The molecule has 0 amide bonds. The average Bonchev–Trinajstić information content (AvgIpc) is 3.06. The van der Waals surface area contributed by atoms with E-state index < -0.39 is 5.97 Å². The van der Waals surface area contributed by atoms with Crippen LogP contribution in [0.1, 0.15) is 55.1 Å². The molecule has 2 aromatic rings. The van der Waals surface area contributed by atoms with E-state index in [1.165, 1.54) is 6.20 Å². The summed E-state index contributed by atoms with van der Waals surface area (Å²) in [5, 5.41) is 13.6. The minimum atomic E-state index is -0.895. The number of nitrogens with zero attached hydrogens (tertiary/aromatic N) is 3. The fourth-order valence-electron chi connectivity index (χ4n) is 3.90. The van der Waals surface area contributed by atoms with Crippen LogP contribution in [0.3, 0.4) is 0 Å². The zero-order valence-corrected chi connectivity index (χ0v) is 22.7. The van der Waals surface area contributed by atoms with Gasteiger partial charge in [0.1, 0.15) is 5.82 Å². The summed E-state index contributed by atoms with van der Waals surface area (Å²) < 4.78 is 2.05. The monoisotopic (exact) mass is 520 g/mol. The molecule has 9 heteroatoms. The molecule has 1 atom stereocenters. The lowest BCUT2D eigenvalue weighted by Crippen LogP contribution is -2.13. The van der Waals surface area contributed by atoms with Gasteiger partial charge in [0, 0.05) is 53.6 Å². The molecule has 0 aliphatic heterocycles. The molecule has 0 aliphatic rings. The summed E-state index contributed by atoms with van der Waals surface area (Å²) in [7, 11) is 1.96. The number of aliphatic imine (C=N–C) groups is 2. The molecule has 0 bridgehead atoms. The number of aryl methyl sites for hydroxylation is 1. The first-order valence-electron chi connectivity index (χ1n) is 11.5. The SMILES string of the molecule is C=N/C=C(\N=C)NCCCCCc1c(C(=O)C[C@H](C)CC(=O)O)c2cc(Cl)ccc2n1C.CSC. The van der Waals surface area contributed by atoms with E-state index in [9.17, 15) is 9.59 Å². The second-order valence-corrected chi connectivity index (χ2v) is 9.63. The van der Waals surface area contributed by atoms with Crippen molar-refractivity contribution in [2.45, 2.75) is 45.4 Å². The van der Waals surface area contributed by atoms with Gasteiger partial charge in [-0.25, -0.2) is 4.99 Å². The van der Waals surface area contributed by atoms with Crippen LogP contribution >= 0.6 is 23.4 Å². The highest BCUT2D eigenvalue weighted by Gasteiger charge is 2.23. The number of fused-ring (bicyclic) bond motifs is 1. The number of Topliss-reactive ketones (excluding diaryl/α,β-unsaturated/α-hetero) is 1. The van der Waals surface area contributed by atoms with Gasteiger partial charge in [-0.2, -0.15) is 11.8 Å². The number of aliphatic carboxylic acids is 1. The van der Waals surface area contributed by atoms with Gasteiger partial charge in [0.05, 0.1) is 6.20 Å². The van der Waals surface area contributed by atoms with E-state index in [0.29, 0.717) is 16.4 Å². The number of carbonyl (C=O) groups is 2. The summed E-state index contributed by atoms with van der Waals surface area (Å²) in [5.74, 6) is -0.575. The predicted octanol–water partition coefficient (Wildman–Crippen LogP) is 6.00. The topological polar surface area (TPSA) is 96.1 Å². The third-order valence-electron chi connectivity index (χ3n) is 5.40. The number of benzene rings is 1. The molecule has 2 rings (SSSR count). The van der Waals surface area contributed by atoms with Crippen LogP contribution in [-0.2, 0) is 18.3 Å². The summed E-state index contributed by atoms with van der Waals surface area (Å²) in [6.07, 6.45) is 9.31. The summed E-state index contributed by atoms with van der Waals surface area (Å²) in [6.45, 7) is 9.42. The number of unbranched alkanes of at least 4 members (excludes halogenated alkanes) is 2. The number of carboxylic acid groups (broad SMARTS) is 1. The molecule has 35 heavy (non-hydrogen) atoms. The Morgan fingerprint density at radius 2 is 1.91 bits per heavy atom. The zero-order valence-electron chi connectivity index (χ0n) is 21.1. The lowest BCUT2D eigenvalue weighted by Gasteiger charge is -2.11. The van der Waals surface area contributed by atoms with Gasteiger partial charge in [0.2, 0.25) is 0 Å². The Labute approximate surface area is 217 Å². The molecule has 7 nitrogen and oxygen atoms in total. The Morgan fingerprint density at radius 1 is 1.23 bits per heavy atom. The molecule has 0 unspecified atom stereocenters. The van der Waals surface area contributed by atoms with Crippen LogP contribution in [0.5, 0.6) is 0 Å². The molecule has 0 fully saturated rings. The number of halogens is 1. The maximum atomic E-state index is 13.2. The first-order valence-corrected chi connectivity index (χ1v) is 13.5. The molecule has 0 spiro atoms. The van der Waals surface area contributed by atoms with Crippen LogP contribution in [0.2, 0.25) is 5.02 Å². The van der Waals surface area contributed by atoms with Gasteiger partial charge < -0.3 is 15.0 Å². The number of thioether (sulfide) groups is 1. The van der Waals surface area contributed by atoms with E-state index in [1.54, 1.807) is 18.7 Å². The third kappa shape index (κ3) is 9.90. The fraction of sp³-hybridized carbons (Fsp3) is 0.462. The minimum absolute atomic E-state index is 0.0308. The molecule has 1 aromatic heterocycles. The average molecular weight is 521 g/mol. The van der Waals surface area contributed by atoms with E-state index in [4.69, 9.17) is 16.7 Å². The van der Waals surface area contributed by atoms with E-state index in [-0.39, 0.29) is 24.5 Å². The van der Waals surface area contributed by atoms with E-state index in [1.807, 2.05) is 37.8 Å². The Balaban J connectivity index is 0.00000194. The fourth-order valence-corrected chi connectivity index (χ4v) is 4.07. The molecule has 0 saturated heterocycles. The van der Waals surface area contributed by atoms with Crippen molar-refractivity contribution in [1.82, 2.24) is 9.88 Å². The zero-order chi connectivity index (χ0) is 26.4. The van der Waals surface area contributed by atoms with Crippen molar-refractivity contribution < 1.29 is 14.7 Å². The van der Waals surface area contributed by atoms with Crippen LogP contribution in [0.4, 0.5) is 0 Å². The number of hydrogen-bond acceptors (Lipinski definition) is 6. The van der Waals surface area contributed by atoms with Crippen molar-refractivity contribution in [3.63, 3.8) is 0 Å². The highest BCUT2D eigenvalue weighted by atomic mass is 35.5. The number of rotatable bonds is 14. The highest BCUT2D eigenvalue weighted by molar-refractivity contribution is 7.97. The van der Waals surface area contributed by atoms with Gasteiger partial charge in [-0.1, -0.05) is 24.9 Å². The molecular weight excluding hydrogens is 484 g/mol. The maximum Gasteiger partial charge on any atom is 0.303 e. The molecule has 1 heterocycles. The van der Waals surface area contributed by atoms with Gasteiger partial charge in [0.25, 0.3) is 0 Å². The standard InChI is InChI=1S/C24H31ClN4O3.C2H6S/c1-16(13-23(31)32)12-21(30)24-18-14-17(25)9-10-19(18)29(4)20(24)8-6-5-7-11-28-22(27-3)15-26-2;1-3-2/h9-10,14-16,28H,2-3,5-8,11-13H2,1,4H3,(H,31,32);1-2H3/b22-15+;/t16-;/m0./s1. The molecular formula is C26H37ClN4O3S. The quantitative estimate of drug-likeness (QED) is 0.181. The Hall–Kier alpha value is -2.58. The lowest BCUT2D eigenvalue weighted by molar-refractivity contribution is -0.137. The molecule has 0 radical (unpaired) electrons. The summed E-state index contributed by atoms with van der Waals surface area (Å²) in [5.41, 5.74) is 2.58. The van der Waals surface area contributed by atoms with Crippen molar-refractivity contribution in [3.05, 3.63) is 46.5 Å². The van der Waals surface area contributed by atoms with Gasteiger partial charge in [0.15, 0.2) is 5.78 Å². The first kappa shape index (κ1) is 30.5. The van der Waals surface area contributed by atoms with Gasteiger partial charge in [-0.15, -0.1) is 0 Å². The summed E-state index contributed by atoms with van der Waals surface area (Å²) in [6, 6.07) is 5.56. The number of carboxylic acids is 1. The highest BCUT2D eigenvalue weighted by Crippen LogP contribution is 2.31. The van der Waals surface area contributed by atoms with Crippen molar-refractivity contribution in [1.29, 1.82) is 0 Å². The third-order valence-corrected chi connectivity index (χ3v) is 5.63. The lowest BCUT2D eigenvalue weighted by atomic mass is 9.94. The molecule has 192 valence electrons. The van der Waals surface area contributed by atoms with Gasteiger partial charge in [-0.05, 0) is 69.3 Å². The Kier molecular flexibility index (Phi) is 14.1. The van der Waals surface area contributed by atoms with Gasteiger partial charge in [-0.3, -0.25) is 14.6 Å². The summed E-state index contributed by atoms with van der Waals surface area (Å²) in [4.78, 5) is 31.7. The summed E-state index contributed by atoms with van der Waals surface area (Å²) >= 11 is 7.97. The van der Waals surface area contributed by atoms with Crippen LogP contribution in [0.15, 0.2) is 40.2 Å². The van der Waals surface area contributed by atoms with Crippen LogP contribution in [0.25, 0.3) is 10.9 Å². The van der Waals surface area contributed by atoms with Crippen molar-refractivity contribution in [2.75, 3.05) is 19.1 Å². The number of ketones is 1. The van der Waals surface area contributed by atoms with E-state index in [2.05, 4.69) is 33.3 Å². The largest absolute Gasteiger partial charge is 0.481 e. The Bertz CT molecular complexity index is 1050. The van der Waals surface area contributed by atoms with Crippen LogP contribution in [0, 0.1) is 5.92 Å². The number of aromatic nitrogens is 1. The first-order chi connectivity index (χ1) is 16.7. The van der Waals surface area contributed by atoms with Crippen molar-refractivity contribution in [2.24, 2.45) is 23.0 Å². The number of nitrogens with one attached hydrogen (secondary N) is 1. The minimum Gasteiger partial charge on any atom is -0.481 e. The van der Waals surface area contributed by atoms with Crippen molar-refractivity contribution in [3.8, 4) is 0 Å². The van der Waals surface area contributed by atoms with E-state index in [0.717, 1.165) is 48.8 Å². The second kappa shape index (κ2) is 16.2. The van der Waals surface area contributed by atoms with Crippen LogP contribution in [-0.4, -0.2) is 53.9 Å². The molecule has 2 N–H and O–H groups in total. The van der Waals surface area contributed by atoms with Crippen LogP contribution < -0.4 is 5.32 Å².